The predicted octanol–water partition coefficient (Wildman–Crippen LogP) is 2.43. The van der Waals surface area contributed by atoms with Gasteiger partial charge in [0.1, 0.15) is 11.6 Å². The summed E-state index contributed by atoms with van der Waals surface area (Å²) < 4.78 is 6.61. The molecular formula is C22H26N4O3. The minimum atomic E-state index is -0.473. The number of rotatable bonds is 5. The van der Waals surface area contributed by atoms with Crippen molar-refractivity contribution in [2.24, 2.45) is 4.99 Å². The maximum atomic E-state index is 12.7. The van der Waals surface area contributed by atoms with Crippen molar-refractivity contribution < 1.29 is 9.84 Å². The summed E-state index contributed by atoms with van der Waals surface area (Å²) in [4.78, 5) is 19.4. The number of aryl methyl sites for hydroxylation is 2. The molecule has 1 aliphatic rings. The second-order valence-corrected chi connectivity index (χ2v) is 7.31. The van der Waals surface area contributed by atoms with Gasteiger partial charge in [-0.3, -0.25) is 19.3 Å². The molecule has 0 saturated carbocycles. The largest absolute Gasteiger partial charge is 0.494 e. The van der Waals surface area contributed by atoms with Gasteiger partial charge < -0.3 is 9.84 Å². The number of hydrogen-bond donors (Lipinski definition) is 1. The molecule has 1 saturated heterocycles. The molecule has 0 bridgehead atoms. The number of hydrogen-bond acceptors (Lipinski definition) is 6. The Morgan fingerprint density at radius 3 is 2.62 bits per heavy atom. The molecule has 0 unspecified atom stereocenters. The Morgan fingerprint density at radius 1 is 1.24 bits per heavy atom. The summed E-state index contributed by atoms with van der Waals surface area (Å²) in [5.74, 6) is -0.159. The first-order chi connectivity index (χ1) is 13.9. The molecule has 7 heteroatoms. The molecule has 2 aromatic rings. The summed E-state index contributed by atoms with van der Waals surface area (Å²) >= 11 is 0. The number of morpholine rings is 1. The minimum Gasteiger partial charge on any atom is -0.494 e. The number of pyridine rings is 1. The van der Waals surface area contributed by atoms with E-state index < -0.39 is 5.56 Å². The van der Waals surface area contributed by atoms with Crippen LogP contribution in [0.15, 0.2) is 28.0 Å². The van der Waals surface area contributed by atoms with Gasteiger partial charge in [0.05, 0.1) is 24.5 Å². The lowest BCUT2D eigenvalue weighted by atomic mass is 10.1. The third-order valence-electron chi connectivity index (χ3n) is 5.27. The third kappa shape index (κ3) is 4.56. The predicted molar refractivity (Wildman–Crippen MR) is 112 cm³/mol. The van der Waals surface area contributed by atoms with Crippen LogP contribution < -0.4 is 5.56 Å². The first kappa shape index (κ1) is 20.8. The van der Waals surface area contributed by atoms with Crippen LogP contribution in [0.4, 0.5) is 5.69 Å². The molecule has 0 amide bonds. The smallest absolute Gasteiger partial charge is 0.271 e. The van der Waals surface area contributed by atoms with E-state index in [4.69, 9.17) is 4.74 Å². The lowest BCUT2D eigenvalue weighted by Crippen LogP contribution is -2.39. The normalized spacial score (nSPS) is 15.0. The highest BCUT2D eigenvalue weighted by Gasteiger charge is 2.19. The maximum Gasteiger partial charge on any atom is 0.271 e. The van der Waals surface area contributed by atoms with Crippen LogP contribution in [-0.4, -0.2) is 53.6 Å². The van der Waals surface area contributed by atoms with Crippen LogP contribution in [0.25, 0.3) is 0 Å². The summed E-state index contributed by atoms with van der Waals surface area (Å²) in [5, 5.41) is 20.3. The highest BCUT2D eigenvalue weighted by Crippen LogP contribution is 2.23. The van der Waals surface area contributed by atoms with Gasteiger partial charge in [-0.15, -0.1) is 0 Å². The summed E-state index contributed by atoms with van der Waals surface area (Å²) in [7, 11) is 0. The van der Waals surface area contributed by atoms with Gasteiger partial charge in [-0.1, -0.05) is 17.7 Å². The van der Waals surface area contributed by atoms with Gasteiger partial charge in [0, 0.05) is 32.4 Å². The van der Waals surface area contributed by atoms with Crippen molar-refractivity contribution in [2.45, 2.75) is 27.3 Å². The lowest BCUT2D eigenvalue weighted by molar-refractivity contribution is 0.0360. The van der Waals surface area contributed by atoms with E-state index in [1.54, 1.807) is 6.92 Å². The summed E-state index contributed by atoms with van der Waals surface area (Å²) in [5.41, 5.74) is 3.32. The Morgan fingerprint density at radius 2 is 1.97 bits per heavy atom. The van der Waals surface area contributed by atoms with E-state index >= 15 is 0 Å². The lowest BCUT2D eigenvalue weighted by Gasteiger charge is -2.27. The monoisotopic (exact) mass is 394 g/mol. The van der Waals surface area contributed by atoms with E-state index in [0.29, 0.717) is 37.4 Å². The molecule has 7 nitrogen and oxygen atoms in total. The summed E-state index contributed by atoms with van der Waals surface area (Å²) in [6.07, 6.45) is 1.54. The van der Waals surface area contributed by atoms with Crippen LogP contribution >= 0.6 is 0 Å². The van der Waals surface area contributed by atoms with E-state index in [1.807, 2.05) is 38.1 Å². The molecule has 2 heterocycles. The number of ether oxygens (including phenoxy) is 1. The van der Waals surface area contributed by atoms with E-state index in [1.165, 1.54) is 10.8 Å². The van der Waals surface area contributed by atoms with Gasteiger partial charge >= 0.3 is 0 Å². The van der Waals surface area contributed by atoms with Crippen LogP contribution in [0.5, 0.6) is 5.88 Å². The molecule has 1 aromatic heterocycles. The van der Waals surface area contributed by atoms with Crippen LogP contribution in [0.3, 0.4) is 0 Å². The van der Waals surface area contributed by atoms with Crippen LogP contribution in [0, 0.1) is 32.1 Å². The number of aliphatic imine (C=N–C) groups is 1. The Kier molecular flexibility index (Phi) is 6.47. The third-order valence-corrected chi connectivity index (χ3v) is 5.27. The molecular weight excluding hydrogens is 368 g/mol. The van der Waals surface area contributed by atoms with Gasteiger partial charge in [-0.05, 0) is 38.0 Å². The number of aromatic hydroxyl groups is 1. The molecule has 1 aromatic carbocycles. The van der Waals surface area contributed by atoms with Crippen molar-refractivity contribution >= 4 is 11.9 Å². The number of nitrogens with zero attached hydrogens (tertiary/aromatic N) is 4. The molecule has 0 spiro atoms. The molecule has 1 fully saturated rings. The molecule has 0 atom stereocenters. The molecule has 1 N–H and O–H groups in total. The van der Waals surface area contributed by atoms with Crippen molar-refractivity contribution in [3.8, 4) is 11.9 Å². The van der Waals surface area contributed by atoms with Crippen LogP contribution in [-0.2, 0) is 11.3 Å². The first-order valence-corrected chi connectivity index (χ1v) is 9.70. The van der Waals surface area contributed by atoms with Crippen LogP contribution in [0.2, 0.25) is 0 Å². The van der Waals surface area contributed by atoms with Crippen molar-refractivity contribution in [3.05, 3.63) is 56.4 Å². The van der Waals surface area contributed by atoms with Crippen molar-refractivity contribution in [1.29, 1.82) is 5.26 Å². The zero-order chi connectivity index (χ0) is 21.0. The van der Waals surface area contributed by atoms with Gasteiger partial charge in [0.2, 0.25) is 5.88 Å². The number of nitriles is 1. The average Bonchev–Trinajstić information content (AvgIpc) is 2.70. The van der Waals surface area contributed by atoms with E-state index in [2.05, 4.69) is 9.89 Å². The zero-order valence-electron chi connectivity index (χ0n) is 17.1. The molecule has 152 valence electrons. The maximum absolute atomic E-state index is 12.7. The Balaban J connectivity index is 1.96. The molecule has 3 rings (SSSR count). The van der Waals surface area contributed by atoms with E-state index in [9.17, 15) is 15.2 Å². The highest BCUT2D eigenvalue weighted by atomic mass is 16.5. The van der Waals surface area contributed by atoms with Crippen molar-refractivity contribution in [1.82, 2.24) is 9.47 Å². The van der Waals surface area contributed by atoms with Gasteiger partial charge in [-0.25, -0.2) is 0 Å². The quantitative estimate of drug-likeness (QED) is 0.787. The first-order valence-electron chi connectivity index (χ1n) is 9.70. The molecule has 0 radical (unpaired) electrons. The van der Waals surface area contributed by atoms with E-state index in [-0.39, 0.29) is 11.4 Å². The minimum absolute atomic E-state index is 0.0341. The van der Waals surface area contributed by atoms with Gasteiger partial charge in [-0.2, -0.15) is 5.26 Å². The van der Waals surface area contributed by atoms with E-state index in [0.717, 1.165) is 29.9 Å². The number of benzene rings is 1. The van der Waals surface area contributed by atoms with Gasteiger partial charge in [0.15, 0.2) is 0 Å². The fourth-order valence-corrected chi connectivity index (χ4v) is 3.48. The standard InChI is InChI=1S/C22H26N4O3/c1-15-4-5-20(16(2)12-15)24-14-19-17(3)18(13-23)21(27)26(22(19)28)7-6-25-8-10-29-11-9-25/h4-5,12,14,28H,6-11H2,1-3H3. The van der Waals surface area contributed by atoms with Crippen molar-refractivity contribution in [3.63, 3.8) is 0 Å². The Hall–Kier alpha value is -2.95. The fourth-order valence-electron chi connectivity index (χ4n) is 3.48. The summed E-state index contributed by atoms with van der Waals surface area (Å²) in [6.45, 7) is 9.42. The topological polar surface area (TPSA) is 90.9 Å². The highest BCUT2D eigenvalue weighted by molar-refractivity contribution is 5.87. The molecule has 1 aliphatic heterocycles. The van der Waals surface area contributed by atoms with Crippen LogP contribution in [0.1, 0.15) is 27.8 Å². The van der Waals surface area contributed by atoms with Crippen molar-refractivity contribution in [2.75, 3.05) is 32.8 Å². The zero-order valence-corrected chi connectivity index (χ0v) is 17.1. The second-order valence-electron chi connectivity index (χ2n) is 7.31. The Bertz CT molecular complexity index is 1030. The Labute approximate surface area is 170 Å². The average molecular weight is 394 g/mol. The number of aromatic nitrogens is 1. The van der Waals surface area contributed by atoms with Gasteiger partial charge in [0.25, 0.3) is 5.56 Å². The SMILES string of the molecule is Cc1ccc(N=Cc2c(C)c(C#N)c(=O)n(CCN3CCOCC3)c2O)c(C)c1. The molecule has 29 heavy (non-hydrogen) atoms. The fraction of sp³-hybridized carbons (Fsp3) is 0.409. The molecule has 0 aliphatic carbocycles. The summed E-state index contributed by atoms with van der Waals surface area (Å²) in [6, 6.07) is 7.90. The second kappa shape index (κ2) is 9.03.